The van der Waals surface area contributed by atoms with E-state index in [4.69, 9.17) is 21.7 Å². The van der Waals surface area contributed by atoms with Gasteiger partial charge in [-0.05, 0) is 30.2 Å². The zero-order chi connectivity index (χ0) is 21.3. The summed E-state index contributed by atoms with van der Waals surface area (Å²) in [5, 5.41) is 11.7. The predicted octanol–water partition coefficient (Wildman–Crippen LogP) is 1.73. The molecule has 4 atom stereocenters. The number of rotatable bonds is 8. The lowest BCUT2D eigenvalue weighted by atomic mass is 9.85. The van der Waals surface area contributed by atoms with Gasteiger partial charge in [-0.25, -0.2) is 9.59 Å². The number of fused-ring (bicyclic) bond motifs is 1. The van der Waals surface area contributed by atoms with Gasteiger partial charge in [0, 0.05) is 8.07 Å². The number of β-lactam (4-membered cyclic amide) rings is 1. The molecular formula is C18H25NO6S2Si. The smallest absolute Gasteiger partial charge is 0.350 e. The Morgan fingerprint density at radius 2 is 2.04 bits per heavy atom. The summed E-state index contributed by atoms with van der Waals surface area (Å²) < 4.78 is 10.6. The molecule has 0 aromatic carbocycles. The third-order valence-corrected chi connectivity index (χ3v) is 8.05. The lowest BCUT2D eigenvalue weighted by Crippen LogP contribution is -2.72. The number of amides is 1. The van der Waals surface area contributed by atoms with E-state index < -0.39 is 48.9 Å². The first-order valence-corrected chi connectivity index (χ1v) is 13.9. The monoisotopic (exact) mass is 443 g/mol. The maximum atomic E-state index is 13.1. The Bertz CT molecular complexity index is 743. The molecule has 0 bridgehead atoms. The number of thioether (sulfide) groups is 1. The van der Waals surface area contributed by atoms with E-state index in [1.54, 1.807) is 0 Å². The maximum Gasteiger partial charge on any atom is 0.350 e. The highest BCUT2D eigenvalue weighted by molar-refractivity contribution is 8.05. The lowest BCUT2D eigenvalue weighted by Gasteiger charge is -2.47. The second-order valence-electron chi connectivity index (χ2n) is 7.96. The summed E-state index contributed by atoms with van der Waals surface area (Å²) in [6, 6.07) is 0.702. The second kappa shape index (κ2) is 8.50. The summed E-state index contributed by atoms with van der Waals surface area (Å²) in [5.41, 5.74) is -2.11. The van der Waals surface area contributed by atoms with E-state index in [9.17, 15) is 19.5 Å². The third kappa shape index (κ3) is 3.84. The van der Waals surface area contributed by atoms with E-state index >= 15 is 0 Å². The number of aliphatic hydroxyl groups is 1. The van der Waals surface area contributed by atoms with Gasteiger partial charge in [-0.3, -0.25) is 9.69 Å². The molecule has 2 rings (SSSR count). The van der Waals surface area contributed by atoms with Crippen LogP contribution in [0, 0.1) is 5.92 Å². The van der Waals surface area contributed by atoms with Gasteiger partial charge >= 0.3 is 11.9 Å². The molecule has 7 nitrogen and oxygen atoms in total. The zero-order valence-corrected chi connectivity index (χ0v) is 19.0. The summed E-state index contributed by atoms with van der Waals surface area (Å²) in [7, 11) is -1.49. The Morgan fingerprint density at radius 3 is 2.54 bits per heavy atom. The number of esters is 2. The van der Waals surface area contributed by atoms with Crippen molar-refractivity contribution >= 4 is 54.9 Å². The van der Waals surface area contributed by atoms with Gasteiger partial charge < -0.3 is 14.6 Å². The minimum Gasteiger partial charge on any atom is -0.464 e. The normalized spacial score (nSPS) is 27.4. The summed E-state index contributed by atoms with van der Waals surface area (Å²) in [4.78, 5) is 40.0. The largest absolute Gasteiger partial charge is 0.464 e. The number of carbonyl (C=O) groups is 3. The van der Waals surface area contributed by atoms with E-state index in [-0.39, 0.29) is 18.1 Å². The highest BCUT2D eigenvalue weighted by atomic mass is 32.2. The van der Waals surface area contributed by atoms with Gasteiger partial charge in [0.05, 0.1) is 28.9 Å². The molecule has 10 heteroatoms. The molecule has 154 valence electrons. The number of hydrogen-bond donors (Lipinski definition) is 1. The number of carbonyl (C=O) groups excluding carboxylic acids is 3. The highest BCUT2D eigenvalue weighted by Crippen LogP contribution is 2.56. The fourth-order valence-corrected chi connectivity index (χ4v) is 5.67. The van der Waals surface area contributed by atoms with Crippen LogP contribution in [0.15, 0.2) is 17.6 Å². The van der Waals surface area contributed by atoms with Gasteiger partial charge in [-0.15, -0.1) is 0 Å². The molecule has 2 unspecified atom stereocenters. The first-order chi connectivity index (χ1) is 13.0. The van der Waals surface area contributed by atoms with Gasteiger partial charge in [-0.1, -0.05) is 44.1 Å². The summed E-state index contributed by atoms with van der Waals surface area (Å²) in [6.45, 7) is 11.4. The molecule has 0 aromatic heterocycles. The number of ether oxygens (including phenoxy) is 2. The zero-order valence-electron chi connectivity index (χ0n) is 16.4. The molecule has 0 radical (unpaired) electrons. The van der Waals surface area contributed by atoms with E-state index in [0.29, 0.717) is 6.04 Å². The van der Waals surface area contributed by atoms with Crippen molar-refractivity contribution in [2.24, 2.45) is 5.92 Å². The Morgan fingerprint density at radius 1 is 1.43 bits per heavy atom. The van der Waals surface area contributed by atoms with E-state index in [0.717, 1.165) is 16.7 Å². The predicted molar refractivity (Wildman–Crippen MR) is 113 cm³/mol. The Kier molecular flexibility index (Phi) is 6.93. The number of nitrogens with zero attached hydrogens (tertiary/aromatic N) is 1. The fourth-order valence-electron chi connectivity index (χ4n) is 3.09. The van der Waals surface area contributed by atoms with Crippen molar-refractivity contribution in [3.8, 4) is 0 Å². The highest BCUT2D eigenvalue weighted by Gasteiger charge is 2.73. The molecule has 2 fully saturated rings. The van der Waals surface area contributed by atoms with Crippen LogP contribution < -0.4 is 0 Å². The first kappa shape index (κ1) is 22.8. The molecule has 2 heterocycles. The van der Waals surface area contributed by atoms with Crippen LogP contribution in [0.3, 0.4) is 0 Å². The van der Waals surface area contributed by atoms with Gasteiger partial charge in [0.25, 0.3) is 5.54 Å². The number of hydrogen-bond acceptors (Lipinski definition) is 8. The third-order valence-electron chi connectivity index (χ3n) is 4.63. The number of aliphatic hydroxyl groups excluding tert-OH is 1. The molecule has 2 aliphatic heterocycles. The Labute approximate surface area is 175 Å². The van der Waals surface area contributed by atoms with E-state index in [2.05, 4.69) is 31.2 Å². The van der Waals surface area contributed by atoms with Crippen molar-refractivity contribution in [2.75, 3.05) is 13.2 Å². The average Bonchev–Trinajstić information content (AvgIpc) is 2.89. The lowest BCUT2D eigenvalue weighted by molar-refractivity contribution is -0.187. The Hall–Kier alpha value is -1.45. The van der Waals surface area contributed by atoms with Crippen LogP contribution in [0.25, 0.3) is 0 Å². The maximum absolute atomic E-state index is 13.1. The topological polar surface area (TPSA) is 93.1 Å². The van der Waals surface area contributed by atoms with Crippen molar-refractivity contribution < 1.29 is 29.0 Å². The molecule has 0 aromatic rings. The van der Waals surface area contributed by atoms with Crippen LogP contribution >= 0.6 is 24.0 Å². The quantitative estimate of drug-likeness (QED) is 0.151. The van der Waals surface area contributed by atoms with E-state index in [1.165, 1.54) is 13.0 Å². The Balaban J connectivity index is 2.42. The fraction of sp³-hybridized carbons (Fsp3) is 0.611. The van der Waals surface area contributed by atoms with Crippen LogP contribution in [0.5, 0.6) is 0 Å². The number of thiocarbonyl (C=S) groups is 1. The summed E-state index contributed by atoms with van der Waals surface area (Å²) in [6.07, 6.45) is 0.425. The van der Waals surface area contributed by atoms with Crippen molar-refractivity contribution in [3.63, 3.8) is 0 Å². The van der Waals surface area contributed by atoms with Gasteiger partial charge in [-0.2, -0.15) is 0 Å². The summed E-state index contributed by atoms with van der Waals surface area (Å²) >= 11 is 5.99. The molecule has 28 heavy (non-hydrogen) atoms. The van der Waals surface area contributed by atoms with Crippen LogP contribution in [-0.4, -0.2) is 71.2 Å². The second-order valence-corrected chi connectivity index (χ2v) is 14.9. The van der Waals surface area contributed by atoms with Crippen LogP contribution in [0.4, 0.5) is 0 Å². The van der Waals surface area contributed by atoms with Gasteiger partial charge in [0.2, 0.25) is 5.91 Å². The van der Waals surface area contributed by atoms with Crippen LogP contribution in [0.1, 0.15) is 6.92 Å². The van der Waals surface area contributed by atoms with Crippen molar-refractivity contribution in [3.05, 3.63) is 17.6 Å². The molecule has 0 aliphatic carbocycles. The molecule has 1 N–H and O–H groups in total. The van der Waals surface area contributed by atoms with Gasteiger partial charge in [0.1, 0.15) is 6.61 Å². The van der Waals surface area contributed by atoms with E-state index in [1.807, 2.05) is 0 Å². The summed E-state index contributed by atoms with van der Waals surface area (Å²) in [5.74, 6) is -3.12. The van der Waals surface area contributed by atoms with Crippen molar-refractivity contribution in [1.82, 2.24) is 4.90 Å². The van der Waals surface area contributed by atoms with Crippen molar-refractivity contribution in [2.45, 2.75) is 49.6 Å². The average molecular weight is 444 g/mol. The standard InChI is InChI=1S/C18H25NO6S2Si/c1-6-7-24-16(22)18(17(23)25-8-9-28(3,4)5)12(10-26)27-15-13(11(2)20)14(21)19(15)18/h6,11,13,15,20H,1,7-9H2,2-5H3/t11?,13-,15+,18?/m0/s1. The minimum atomic E-state index is -2.11. The SMILES string of the molecule is C=CCOC(=O)C1(C(=O)OCC[Si](C)(C)C)C(=C=S)S[C@@H]2[C@@H](C(C)O)C(=O)N21. The first-order valence-electron chi connectivity index (χ1n) is 8.91. The van der Waals surface area contributed by atoms with Crippen LogP contribution in [0.2, 0.25) is 25.7 Å². The van der Waals surface area contributed by atoms with Crippen LogP contribution in [-0.2, 0) is 23.9 Å². The van der Waals surface area contributed by atoms with Gasteiger partial charge in [0.15, 0.2) is 0 Å². The molecule has 0 spiro atoms. The molecule has 1 amide bonds. The molecule has 2 aliphatic rings. The molecule has 0 saturated carbocycles. The molecule has 2 saturated heterocycles. The molecular weight excluding hydrogens is 418 g/mol. The minimum absolute atomic E-state index is 0.0797. The van der Waals surface area contributed by atoms with Crippen molar-refractivity contribution in [1.29, 1.82) is 0 Å².